The van der Waals surface area contributed by atoms with Gasteiger partial charge in [0.05, 0.1) is 11.3 Å². The van der Waals surface area contributed by atoms with E-state index in [0.29, 0.717) is 12.6 Å². The van der Waals surface area contributed by atoms with E-state index in [1.54, 1.807) is 4.90 Å². The predicted octanol–water partition coefficient (Wildman–Crippen LogP) is 4.40. The third-order valence-corrected chi connectivity index (χ3v) is 6.58. The van der Waals surface area contributed by atoms with E-state index in [0.717, 1.165) is 59.9 Å². The number of likely N-dealkylation sites (N-methyl/N-ethyl adjacent to an activating group) is 2. The fourth-order valence-corrected chi connectivity index (χ4v) is 4.53. The highest BCUT2D eigenvalue weighted by atomic mass is 16.2. The molecule has 2 heterocycles. The molecule has 0 saturated heterocycles. The lowest BCUT2D eigenvalue weighted by molar-refractivity contribution is 0.0783. The second-order valence-corrected chi connectivity index (χ2v) is 9.77. The average Bonchev–Trinajstić information content (AvgIpc) is 2.83. The molecule has 0 saturated carbocycles. The molecule has 6 nitrogen and oxygen atoms in total. The normalized spacial score (nSPS) is 12.6. The Bertz CT molecular complexity index is 1160. The molecule has 0 spiro atoms. The second kappa shape index (κ2) is 11.0. The fraction of sp³-hybridized carbons (Fsp3) is 0.379. The van der Waals surface area contributed by atoms with Gasteiger partial charge in [-0.2, -0.15) is 0 Å². The number of hydrogen-bond acceptors (Lipinski definition) is 5. The minimum absolute atomic E-state index is 0.0418. The van der Waals surface area contributed by atoms with Gasteiger partial charge in [0.1, 0.15) is 5.82 Å². The molecule has 0 radical (unpaired) electrons. The summed E-state index contributed by atoms with van der Waals surface area (Å²) in [5.74, 6) is 0.977. The van der Waals surface area contributed by atoms with E-state index in [1.807, 2.05) is 38.4 Å². The number of anilines is 1. The molecular formula is C29H37N5O. The van der Waals surface area contributed by atoms with Crippen molar-refractivity contribution in [2.75, 3.05) is 39.1 Å². The van der Waals surface area contributed by atoms with E-state index in [4.69, 9.17) is 4.98 Å². The van der Waals surface area contributed by atoms with Crippen LogP contribution in [-0.4, -0.2) is 61.0 Å². The Kier molecular flexibility index (Phi) is 7.83. The summed E-state index contributed by atoms with van der Waals surface area (Å²) < 4.78 is 0. The van der Waals surface area contributed by atoms with Gasteiger partial charge < -0.3 is 20.0 Å². The molecule has 1 aliphatic rings. The van der Waals surface area contributed by atoms with Gasteiger partial charge in [-0.1, -0.05) is 48.5 Å². The molecule has 0 atom stereocenters. The summed E-state index contributed by atoms with van der Waals surface area (Å²) in [6, 6.07) is 21.0. The molecule has 1 N–H and O–H groups in total. The molecule has 4 rings (SSSR count). The number of nitrogens with one attached hydrogen (secondary N) is 1. The molecule has 1 aliphatic heterocycles. The van der Waals surface area contributed by atoms with Gasteiger partial charge in [0.25, 0.3) is 5.91 Å². The fourth-order valence-electron chi connectivity index (χ4n) is 4.53. The number of hydrogen-bond donors (Lipinski definition) is 1. The summed E-state index contributed by atoms with van der Waals surface area (Å²) in [6.45, 7) is 8.47. The second-order valence-electron chi connectivity index (χ2n) is 9.77. The zero-order valence-corrected chi connectivity index (χ0v) is 21.6. The highest BCUT2D eigenvalue weighted by molar-refractivity contribution is 5.99. The molecule has 3 aromatic rings. The van der Waals surface area contributed by atoms with Crippen LogP contribution in [0.2, 0.25) is 0 Å². The van der Waals surface area contributed by atoms with Crippen LogP contribution in [-0.2, 0) is 19.6 Å². The van der Waals surface area contributed by atoms with E-state index in [9.17, 15) is 4.79 Å². The average molecular weight is 472 g/mol. The van der Waals surface area contributed by atoms with Gasteiger partial charge in [0.2, 0.25) is 0 Å². The van der Waals surface area contributed by atoms with Crippen molar-refractivity contribution < 1.29 is 4.79 Å². The van der Waals surface area contributed by atoms with Crippen LogP contribution in [0.3, 0.4) is 0 Å². The maximum Gasteiger partial charge on any atom is 0.254 e. The number of nitrogens with zero attached hydrogens (tertiary/aromatic N) is 4. The monoisotopic (exact) mass is 471 g/mol. The van der Waals surface area contributed by atoms with E-state index >= 15 is 0 Å². The molecule has 1 amide bonds. The van der Waals surface area contributed by atoms with E-state index < -0.39 is 0 Å². The summed E-state index contributed by atoms with van der Waals surface area (Å²) in [4.78, 5) is 25.0. The maximum absolute atomic E-state index is 13.6. The first kappa shape index (κ1) is 24.9. The van der Waals surface area contributed by atoms with Crippen LogP contribution in [0.15, 0.2) is 60.7 Å². The molecule has 0 fully saturated rings. The number of pyridine rings is 1. The van der Waals surface area contributed by atoms with Crippen molar-refractivity contribution in [3.63, 3.8) is 0 Å². The van der Waals surface area contributed by atoms with Crippen LogP contribution in [0, 0.1) is 0 Å². The van der Waals surface area contributed by atoms with Gasteiger partial charge in [-0.05, 0) is 51.2 Å². The van der Waals surface area contributed by atoms with Crippen molar-refractivity contribution in [3.8, 4) is 11.3 Å². The van der Waals surface area contributed by atoms with Crippen LogP contribution in [0.1, 0.15) is 40.9 Å². The first-order valence-corrected chi connectivity index (χ1v) is 12.4. The van der Waals surface area contributed by atoms with Gasteiger partial charge in [-0.25, -0.2) is 4.98 Å². The Balaban J connectivity index is 1.64. The SMILES string of the molecule is CNCCN(C)Cc1cccc(-c2cc(C(=O)N(C)Cc3ccccc3)c3c(n2)N(C(C)C)C3)c1. The zero-order chi connectivity index (χ0) is 24.9. The quantitative estimate of drug-likeness (QED) is 0.475. The van der Waals surface area contributed by atoms with Crippen molar-refractivity contribution in [2.45, 2.75) is 39.5 Å². The number of fused-ring (bicyclic) bond motifs is 1. The minimum Gasteiger partial charge on any atom is -0.349 e. The van der Waals surface area contributed by atoms with E-state index in [2.05, 4.69) is 72.4 Å². The molecule has 0 bridgehead atoms. The summed E-state index contributed by atoms with van der Waals surface area (Å²) in [5, 5.41) is 3.20. The first-order chi connectivity index (χ1) is 16.9. The number of amides is 1. The van der Waals surface area contributed by atoms with Crippen LogP contribution in [0.25, 0.3) is 11.3 Å². The van der Waals surface area contributed by atoms with Gasteiger partial charge in [0.15, 0.2) is 0 Å². The van der Waals surface area contributed by atoms with Crippen LogP contribution < -0.4 is 10.2 Å². The van der Waals surface area contributed by atoms with Crippen LogP contribution in [0.4, 0.5) is 5.82 Å². The Labute approximate surface area is 209 Å². The molecular weight excluding hydrogens is 434 g/mol. The lowest BCUT2D eigenvalue weighted by Crippen LogP contribution is -2.41. The Hall–Kier alpha value is -3.22. The molecule has 35 heavy (non-hydrogen) atoms. The van der Waals surface area contributed by atoms with Crippen molar-refractivity contribution in [2.24, 2.45) is 0 Å². The number of carbonyl (C=O) groups excluding carboxylic acids is 1. The number of aromatic nitrogens is 1. The molecule has 6 heteroatoms. The van der Waals surface area contributed by atoms with Gasteiger partial charge in [0, 0.05) is 56.9 Å². The summed E-state index contributed by atoms with van der Waals surface area (Å²) in [6.07, 6.45) is 0. The predicted molar refractivity (Wildman–Crippen MR) is 143 cm³/mol. The van der Waals surface area contributed by atoms with Crippen LogP contribution in [0.5, 0.6) is 0 Å². The standard InChI is InChI=1S/C29H37N5O/c1-21(2)34-20-26-25(29(35)33(5)19-22-10-7-6-8-11-22)17-27(31-28(26)34)24-13-9-12-23(16-24)18-32(4)15-14-30-3/h6-13,16-17,21,30H,14-15,18-20H2,1-5H3. The summed E-state index contributed by atoms with van der Waals surface area (Å²) in [5.41, 5.74) is 6.07. The Morgan fingerprint density at radius 3 is 2.49 bits per heavy atom. The number of benzene rings is 2. The molecule has 0 aliphatic carbocycles. The van der Waals surface area contributed by atoms with Crippen molar-refractivity contribution in [1.82, 2.24) is 20.1 Å². The van der Waals surface area contributed by atoms with E-state index in [-0.39, 0.29) is 5.91 Å². The van der Waals surface area contributed by atoms with Crippen molar-refractivity contribution in [3.05, 3.63) is 82.9 Å². The zero-order valence-electron chi connectivity index (χ0n) is 21.6. The van der Waals surface area contributed by atoms with Crippen molar-refractivity contribution >= 4 is 11.7 Å². The highest BCUT2D eigenvalue weighted by Crippen LogP contribution is 2.38. The van der Waals surface area contributed by atoms with Gasteiger partial charge >= 0.3 is 0 Å². The topological polar surface area (TPSA) is 51.7 Å². The highest BCUT2D eigenvalue weighted by Gasteiger charge is 2.33. The summed E-state index contributed by atoms with van der Waals surface area (Å²) in [7, 11) is 5.98. The Morgan fingerprint density at radius 2 is 1.77 bits per heavy atom. The van der Waals surface area contributed by atoms with E-state index in [1.165, 1.54) is 5.56 Å². The molecule has 0 unspecified atom stereocenters. The maximum atomic E-state index is 13.6. The van der Waals surface area contributed by atoms with Crippen molar-refractivity contribution in [1.29, 1.82) is 0 Å². The molecule has 1 aromatic heterocycles. The molecule has 2 aromatic carbocycles. The third-order valence-electron chi connectivity index (χ3n) is 6.58. The van der Waals surface area contributed by atoms with Gasteiger partial charge in [-0.15, -0.1) is 0 Å². The third kappa shape index (κ3) is 5.72. The Morgan fingerprint density at radius 1 is 1.03 bits per heavy atom. The molecule has 184 valence electrons. The number of rotatable bonds is 10. The lowest BCUT2D eigenvalue weighted by Gasteiger charge is -2.40. The smallest absolute Gasteiger partial charge is 0.254 e. The van der Waals surface area contributed by atoms with Gasteiger partial charge in [-0.3, -0.25) is 4.79 Å². The largest absolute Gasteiger partial charge is 0.349 e. The minimum atomic E-state index is 0.0418. The van der Waals surface area contributed by atoms with Crippen LogP contribution >= 0.6 is 0 Å². The summed E-state index contributed by atoms with van der Waals surface area (Å²) >= 11 is 0. The number of carbonyl (C=O) groups is 1. The lowest BCUT2D eigenvalue weighted by atomic mass is 9.96. The first-order valence-electron chi connectivity index (χ1n) is 12.4.